The second-order valence-electron chi connectivity index (χ2n) is 11.3. The largest absolute Gasteiger partial charge is 0.465 e. The summed E-state index contributed by atoms with van der Waals surface area (Å²) in [5, 5.41) is 9.88. The SMILES string of the molecule is C/C=C\CNCCC(=O)OCC(CC)(COCCCNc1ccc(C(=O)OCC)cc1)COCCCNc1ccc(C(=O)OCC)cc1. The number of ether oxygens (including phenoxy) is 5. The minimum Gasteiger partial charge on any atom is -0.465 e. The van der Waals surface area contributed by atoms with Gasteiger partial charge in [0.1, 0.15) is 6.61 Å². The first-order chi connectivity index (χ1) is 23.4. The Morgan fingerprint density at radius 3 is 1.62 bits per heavy atom. The zero-order chi connectivity index (χ0) is 34.9. The van der Waals surface area contributed by atoms with Gasteiger partial charge in [-0.25, -0.2) is 9.59 Å². The minimum absolute atomic E-state index is 0.216. The van der Waals surface area contributed by atoms with Crippen LogP contribution in [0.25, 0.3) is 0 Å². The van der Waals surface area contributed by atoms with E-state index in [0.717, 1.165) is 30.6 Å². The number of benzene rings is 2. The quantitative estimate of drug-likeness (QED) is 0.0481. The average Bonchev–Trinajstić information content (AvgIpc) is 3.10. The van der Waals surface area contributed by atoms with Gasteiger partial charge in [0, 0.05) is 50.8 Å². The molecule has 266 valence electrons. The van der Waals surface area contributed by atoms with E-state index in [9.17, 15) is 14.4 Å². The molecule has 0 radical (unpaired) electrons. The highest BCUT2D eigenvalue weighted by Gasteiger charge is 2.31. The molecule has 0 amide bonds. The number of hydrogen-bond acceptors (Lipinski definition) is 11. The Bertz CT molecular complexity index is 1140. The van der Waals surface area contributed by atoms with E-state index in [1.54, 1.807) is 38.1 Å². The zero-order valence-corrected chi connectivity index (χ0v) is 29.1. The summed E-state index contributed by atoms with van der Waals surface area (Å²) in [5.74, 6) is -0.913. The van der Waals surface area contributed by atoms with Gasteiger partial charge < -0.3 is 39.6 Å². The lowest BCUT2D eigenvalue weighted by Crippen LogP contribution is -2.38. The van der Waals surface area contributed by atoms with Crippen molar-refractivity contribution in [1.29, 1.82) is 0 Å². The van der Waals surface area contributed by atoms with E-state index in [4.69, 9.17) is 23.7 Å². The molecule has 0 aliphatic heterocycles. The first kappa shape index (κ1) is 40.2. The normalized spacial score (nSPS) is 11.3. The average molecular weight is 670 g/mol. The molecule has 0 spiro atoms. The molecule has 11 nitrogen and oxygen atoms in total. The molecule has 11 heteroatoms. The van der Waals surface area contributed by atoms with Gasteiger partial charge in [-0.15, -0.1) is 0 Å². The van der Waals surface area contributed by atoms with Gasteiger partial charge in [0.15, 0.2) is 0 Å². The summed E-state index contributed by atoms with van der Waals surface area (Å²) in [7, 11) is 0. The van der Waals surface area contributed by atoms with Crippen LogP contribution in [0.5, 0.6) is 0 Å². The molecule has 2 rings (SSSR count). The molecular weight excluding hydrogens is 614 g/mol. The van der Waals surface area contributed by atoms with Gasteiger partial charge in [-0.3, -0.25) is 4.79 Å². The predicted molar refractivity (Wildman–Crippen MR) is 189 cm³/mol. The Hall–Kier alpha value is -3.93. The lowest BCUT2D eigenvalue weighted by Gasteiger charge is -2.32. The number of nitrogens with one attached hydrogen (secondary N) is 3. The first-order valence-corrected chi connectivity index (χ1v) is 17.0. The van der Waals surface area contributed by atoms with Gasteiger partial charge >= 0.3 is 17.9 Å². The molecule has 0 heterocycles. The summed E-state index contributed by atoms with van der Waals surface area (Å²) in [4.78, 5) is 36.2. The van der Waals surface area contributed by atoms with Gasteiger partial charge in [0.25, 0.3) is 0 Å². The van der Waals surface area contributed by atoms with Gasteiger partial charge in [-0.05, 0) is 88.6 Å². The maximum absolute atomic E-state index is 12.5. The monoisotopic (exact) mass is 669 g/mol. The number of carbonyl (C=O) groups is 3. The second-order valence-corrected chi connectivity index (χ2v) is 11.3. The van der Waals surface area contributed by atoms with Crippen LogP contribution in [0.4, 0.5) is 11.4 Å². The number of rotatable bonds is 26. The van der Waals surface area contributed by atoms with Crippen LogP contribution in [0.2, 0.25) is 0 Å². The number of carbonyl (C=O) groups excluding carboxylic acids is 3. The first-order valence-electron chi connectivity index (χ1n) is 17.0. The van der Waals surface area contributed by atoms with Crippen LogP contribution < -0.4 is 16.0 Å². The summed E-state index contributed by atoms with van der Waals surface area (Å²) >= 11 is 0. The van der Waals surface area contributed by atoms with Gasteiger partial charge in [0.2, 0.25) is 0 Å². The molecule has 0 atom stereocenters. The molecule has 0 fully saturated rings. The molecule has 0 aliphatic rings. The fourth-order valence-corrected chi connectivity index (χ4v) is 4.50. The maximum atomic E-state index is 12.5. The van der Waals surface area contributed by atoms with Crippen LogP contribution in [0.1, 0.15) is 74.1 Å². The number of hydrogen-bond donors (Lipinski definition) is 3. The van der Waals surface area contributed by atoms with Gasteiger partial charge in [-0.1, -0.05) is 19.1 Å². The third kappa shape index (κ3) is 16.3. The van der Waals surface area contributed by atoms with Crippen LogP contribution >= 0.6 is 0 Å². The molecule has 2 aromatic carbocycles. The van der Waals surface area contributed by atoms with Crippen molar-refractivity contribution in [2.75, 3.05) is 83.1 Å². The fraction of sp³-hybridized carbons (Fsp3) is 0.541. The van der Waals surface area contributed by atoms with E-state index in [2.05, 4.69) is 22.9 Å². The zero-order valence-electron chi connectivity index (χ0n) is 29.1. The highest BCUT2D eigenvalue weighted by molar-refractivity contribution is 5.90. The van der Waals surface area contributed by atoms with Crippen LogP contribution in [-0.4, -0.2) is 90.3 Å². The van der Waals surface area contributed by atoms with Crippen molar-refractivity contribution in [3.05, 3.63) is 71.8 Å². The Morgan fingerprint density at radius 1 is 0.688 bits per heavy atom. The third-order valence-corrected chi connectivity index (χ3v) is 7.49. The standard InChI is InChI=1S/C37H55N3O8/c1-5-9-21-38-24-20-34(41)48-29-37(6-2,27-44-25-10-22-39-32-16-12-30(13-17-32)35(42)46-7-3)28-45-26-11-23-40-33-18-14-31(15-19-33)36(43)47-8-4/h5,9,12-19,38-40H,6-8,10-11,20-29H2,1-4H3/b9-5-. The van der Waals surface area contributed by atoms with Crippen LogP contribution in [0, 0.1) is 5.41 Å². The molecule has 2 aromatic rings. The predicted octanol–water partition coefficient (Wildman–Crippen LogP) is 5.87. The van der Waals surface area contributed by atoms with Gasteiger partial charge in [0.05, 0.1) is 49.4 Å². The maximum Gasteiger partial charge on any atom is 0.338 e. The number of esters is 3. The van der Waals surface area contributed by atoms with Crippen molar-refractivity contribution in [3.8, 4) is 0 Å². The van der Waals surface area contributed by atoms with Crippen molar-refractivity contribution in [1.82, 2.24) is 5.32 Å². The van der Waals surface area contributed by atoms with E-state index in [1.807, 2.05) is 43.3 Å². The molecular formula is C37H55N3O8. The summed E-state index contributed by atoms with van der Waals surface area (Å²) in [6, 6.07) is 14.4. The highest BCUT2D eigenvalue weighted by atomic mass is 16.5. The van der Waals surface area contributed by atoms with Crippen LogP contribution in [-0.2, 0) is 28.5 Å². The molecule has 3 N–H and O–H groups in total. The summed E-state index contributed by atoms with van der Waals surface area (Å²) in [6.07, 6.45) is 6.50. The molecule has 0 aromatic heterocycles. The number of allylic oxidation sites excluding steroid dienone is 1. The van der Waals surface area contributed by atoms with E-state index in [0.29, 0.717) is 76.9 Å². The molecule has 0 bridgehead atoms. The van der Waals surface area contributed by atoms with Crippen molar-refractivity contribution in [2.45, 2.75) is 53.4 Å². The highest BCUT2D eigenvalue weighted by Crippen LogP contribution is 2.25. The Labute approximate surface area is 286 Å². The van der Waals surface area contributed by atoms with E-state index in [-0.39, 0.29) is 30.9 Å². The molecule has 0 saturated heterocycles. The fourth-order valence-electron chi connectivity index (χ4n) is 4.50. The smallest absolute Gasteiger partial charge is 0.338 e. The Kier molecular flexibility index (Phi) is 20.3. The molecule has 0 saturated carbocycles. The van der Waals surface area contributed by atoms with Crippen molar-refractivity contribution in [3.63, 3.8) is 0 Å². The molecule has 0 unspecified atom stereocenters. The van der Waals surface area contributed by atoms with E-state index >= 15 is 0 Å². The van der Waals surface area contributed by atoms with E-state index in [1.165, 1.54) is 0 Å². The van der Waals surface area contributed by atoms with Crippen LogP contribution in [0.15, 0.2) is 60.7 Å². The minimum atomic E-state index is -0.471. The lowest BCUT2D eigenvalue weighted by atomic mass is 9.88. The Balaban J connectivity index is 1.80. The summed E-state index contributed by atoms with van der Waals surface area (Å²) in [6.45, 7) is 13.0. The van der Waals surface area contributed by atoms with Crippen molar-refractivity contribution >= 4 is 29.3 Å². The lowest BCUT2D eigenvalue weighted by molar-refractivity contribution is -0.151. The van der Waals surface area contributed by atoms with E-state index < -0.39 is 5.41 Å². The molecule has 0 aliphatic carbocycles. The topological polar surface area (TPSA) is 133 Å². The summed E-state index contributed by atoms with van der Waals surface area (Å²) in [5.41, 5.74) is 2.39. The van der Waals surface area contributed by atoms with Crippen LogP contribution in [0.3, 0.4) is 0 Å². The third-order valence-electron chi connectivity index (χ3n) is 7.49. The second kappa shape index (κ2) is 24.2. The summed E-state index contributed by atoms with van der Waals surface area (Å²) < 4.78 is 28.0. The number of anilines is 2. The van der Waals surface area contributed by atoms with Crippen molar-refractivity contribution < 1.29 is 38.1 Å². The molecule has 48 heavy (non-hydrogen) atoms. The van der Waals surface area contributed by atoms with Gasteiger partial charge in [-0.2, -0.15) is 0 Å². The Morgan fingerprint density at radius 2 is 1.19 bits per heavy atom. The van der Waals surface area contributed by atoms with Crippen molar-refractivity contribution in [2.24, 2.45) is 5.41 Å².